The maximum Gasteiger partial charge on any atom is 0.229 e. The summed E-state index contributed by atoms with van der Waals surface area (Å²) >= 11 is 0. The first kappa shape index (κ1) is 23.3. The zero-order valence-electron chi connectivity index (χ0n) is 19.4. The van der Waals surface area contributed by atoms with Gasteiger partial charge in [-0.3, -0.25) is 4.72 Å². The Labute approximate surface area is 199 Å². The van der Waals surface area contributed by atoms with E-state index in [2.05, 4.69) is 26.1 Å². The van der Waals surface area contributed by atoms with Crippen LogP contribution in [0.5, 0.6) is 11.5 Å². The van der Waals surface area contributed by atoms with Gasteiger partial charge in [0.15, 0.2) is 11.5 Å². The Balaban J connectivity index is 1.61. The van der Waals surface area contributed by atoms with Crippen molar-refractivity contribution in [3.05, 3.63) is 72.1 Å². The number of fused-ring (bicyclic) bond motifs is 1. The van der Waals surface area contributed by atoms with E-state index in [0.29, 0.717) is 35.4 Å². The summed E-state index contributed by atoms with van der Waals surface area (Å²) in [6.07, 6.45) is 1.14. The van der Waals surface area contributed by atoms with E-state index in [9.17, 15) is 8.42 Å². The summed E-state index contributed by atoms with van der Waals surface area (Å²) in [5.41, 5.74) is 4.22. The molecular weight excluding hydrogens is 452 g/mol. The predicted molar refractivity (Wildman–Crippen MR) is 135 cm³/mol. The summed E-state index contributed by atoms with van der Waals surface area (Å²) in [4.78, 5) is 9.12. The predicted octanol–water partition coefficient (Wildman–Crippen LogP) is 4.61. The van der Waals surface area contributed by atoms with Crippen LogP contribution in [0.3, 0.4) is 0 Å². The molecule has 0 bridgehead atoms. The molecule has 1 heterocycles. The van der Waals surface area contributed by atoms with Crippen LogP contribution < -0.4 is 19.5 Å². The van der Waals surface area contributed by atoms with Crippen LogP contribution in [0.25, 0.3) is 22.0 Å². The minimum absolute atomic E-state index is 0.524. The molecule has 0 fully saturated rings. The lowest BCUT2D eigenvalue weighted by Crippen LogP contribution is -2.09. The molecule has 4 rings (SSSR count). The highest BCUT2D eigenvalue weighted by Crippen LogP contribution is 2.34. The van der Waals surface area contributed by atoms with Crippen LogP contribution in [0, 0.1) is 6.92 Å². The van der Waals surface area contributed by atoms with Crippen molar-refractivity contribution in [2.24, 2.45) is 0 Å². The molecule has 34 heavy (non-hydrogen) atoms. The first-order valence-corrected chi connectivity index (χ1v) is 12.5. The molecule has 0 saturated heterocycles. The standard InChI is InChI=1S/C25H26N4O4S/c1-16-27-22-14-24(33-3)23(32-2)13-21(22)25(28-16)26-15-17-7-5-8-18(11-17)19-9-6-10-20(12-19)29-34(4,30)31/h5-14,29H,15H2,1-4H3,(H,26,27,28). The minimum Gasteiger partial charge on any atom is -0.493 e. The average Bonchev–Trinajstić information content (AvgIpc) is 2.81. The first-order valence-electron chi connectivity index (χ1n) is 10.6. The van der Waals surface area contributed by atoms with Crippen molar-refractivity contribution >= 4 is 32.4 Å². The van der Waals surface area contributed by atoms with Gasteiger partial charge in [-0.15, -0.1) is 0 Å². The molecule has 0 amide bonds. The molecule has 176 valence electrons. The van der Waals surface area contributed by atoms with Crippen molar-refractivity contribution in [3.8, 4) is 22.6 Å². The molecule has 3 aromatic carbocycles. The third-order valence-electron chi connectivity index (χ3n) is 5.20. The molecule has 0 atom stereocenters. The average molecular weight is 479 g/mol. The summed E-state index contributed by atoms with van der Waals surface area (Å²) in [6.45, 7) is 2.38. The highest BCUT2D eigenvalue weighted by Gasteiger charge is 2.12. The monoisotopic (exact) mass is 478 g/mol. The molecule has 0 radical (unpaired) electrons. The van der Waals surface area contributed by atoms with Crippen LogP contribution in [-0.2, 0) is 16.6 Å². The second kappa shape index (κ2) is 9.56. The first-order chi connectivity index (χ1) is 16.3. The van der Waals surface area contributed by atoms with Crippen molar-refractivity contribution < 1.29 is 17.9 Å². The van der Waals surface area contributed by atoms with E-state index in [0.717, 1.165) is 33.8 Å². The lowest BCUT2D eigenvalue weighted by molar-refractivity contribution is 0.356. The van der Waals surface area contributed by atoms with Gasteiger partial charge in [-0.05, 0) is 47.9 Å². The molecule has 2 N–H and O–H groups in total. The van der Waals surface area contributed by atoms with Crippen molar-refractivity contribution in [2.45, 2.75) is 13.5 Å². The Kier molecular flexibility index (Phi) is 6.56. The van der Waals surface area contributed by atoms with E-state index in [-0.39, 0.29) is 0 Å². The quantitative estimate of drug-likeness (QED) is 0.381. The number of hydrogen-bond acceptors (Lipinski definition) is 7. The number of anilines is 2. The van der Waals surface area contributed by atoms with Gasteiger partial charge in [0.1, 0.15) is 11.6 Å². The van der Waals surface area contributed by atoms with Crippen molar-refractivity contribution in [1.29, 1.82) is 0 Å². The molecule has 0 aliphatic carbocycles. The van der Waals surface area contributed by atoms with Gasteiger partial charge in [-0.2, -0.15) is 0 Å². The largest absolute Gasteiger partial charge is 0.493 e. The number of hydrogen-bond donors (Lipinski definition) is 2. The molecule has 0 aliphatic rings. The van der Waals surface area contributed by atoms with Gasteiger partial charge in [-0.1, -0.05) is 30.3 Å². The van der Waals surface area contributed by atoms with E-state index < -0.39 is 10.0 Å². The zero-order chi connectivity index (χ0) is 24.3. The second-order valence-corrected chi connectivity index (χ2v) is 9.60. The number of ether oxygens (including phenoxy) is 2. The normalized spacial score (nSPS) is 11.3. The fourth-order valence-corrected chi connectivity index (χ4v) is 4.28. The van der Waals surface area contributed by atoms with Gasteiger partial charge in [0.2, 0.25) is 10.0 Å². The third kappa shape index (κ3) is 5.37. The number of sulfonamides is 1. The fourth-order valence-electron chi connectivity index (χ4n) is 3.73. The van der Waals surface area contributed by atoms with Gasteiger partial charge in [0, 0.05) is 23.7 Å². The van der Waals surface area contributed by atoms with E-state index in [4.69, 9.17) is 9.47 Å². The van der Waals surface area contributed by atoms with Gasteiger partial charge in [0.05, 0.1) is 26.0 Å². The van der Waals surface area contributed by atoms with Gasteiger partial charge < -0.3 is 14.8 Å². The Morgan fingerprint density at radius 1 is 0.882 bits per heavy atom. The molecule has 1 aromatic heterocycles. The Morgan fingerprint density at radius 3 is 2.26 bits per heavy atom. The Morgan fingerprint density at radius 2 is 1.56 bits per heavy atom. The highest BCUT2D eigenvalue weighted by atomic mass is 32.2. The third-order valence-corrected chi connectivity index (χ3v) is 5.81. The summed E-state index contributed by atoms with van der Waals surface area (Å²) in [6, 6.07) is 19.1. The van der Waals surface area contributed by atoms with Crippen molar-refractivity contribution in [2.75, 3.05) is 30.5 Å². The Hall–Kier alpha value is -3.85. The van der Waals surface area contributed by atoms with Crippen LogP contribution in [-0.4, -0.2) is 38.9 Å². The number of methoxy groups -OCH3 is 2. The molecule has 0 spiro atoms. The van der Waals surface area contributed by atoms with E-state index in [1.165, 1.54) is 0 Å². The van der Waals surface area contributed by atoms with E-state index >= 15 is 0 Å². The zero-order valence-corrected chi connectivity index (χ0v) is 20.2. The molecule has 9 heteroatoms. The number of nitrogens with one attached hydrogen (secondary N) is 2. The molecule has 0 unspecified atom stereocenters. The number of rotatable bonds is 8. The molecule has 8 nitrogen and oxygen atoms in total. The summed E-state index contributed by atoms with van der Waals surface area (Å²) < 4.78 is 36.5. The smallest absolute Gasteiger partial charge is 0.229 e. The van der Waals surface area contributed by atoms with Crippen LogP contribution >= 0.6 is 0 Å². The van der Waals surface area contributed by atoms with Gasteiger partial charge in [-0.25, -0.2) is 18.4 Å². The molecule has 4 aromatic rings. The SMILES string of the molecule is COc1cc2nc(C)nc(NCc3cccc(-c4cccc(NS(C)(=O)=O)c4)c3)c2cc1OC. The Bertz CT molecular complexity index is 1460. The maximum atomic E-state index is 11.6. The van der Waals surface area contributed by atoms with Crippen molar-refractivity contribution in [1.82, 2.24) is 9.97 Å². The van der Waals surface area contributed by atoms with Crippen LogP contribution in [0.4, 0.5) is 11.5 Å². The van der Waals surface area contributed by atoms with Crippen molar-refractivity contribution in [3.63, 3.8) is 0 Å². The second-order valence-electron chi connectivity index (χ2n) is 7.85. The lowest BCUT2D eigenvalue weighted by Gasteiger charge is -2.14. The summed E-state index contributed by atoms with van der Waals surface area (Å²) in [5.74, 6) is 2.56. The highest BCUT2D eigenvalue weighted by molar-refractivity contribution is 7.92. The summed E-state index contributed by atoms with van der Waals surface area (Å²) in [7, 11) is -0.154. The lowest BCUT2D eigenvalue weighted by atomic mass is 10.0. The molecule has 0 saturated carbocycles. The number of aromatic nitrogens is 2. The van der Waals surface area contributed by atoms with E-state index in [1.807, 2.05) is 55.5 Å². The molecular formula is C25H26N4O4S. The van der Waals surface area contributed by atoms with Gasteiger partial charge >= 0.3 is 0 Å². The fraction of sp³-hybridized carbons (Fsp3) is 0.200. The van der Waals surface area contributed by atoms with Gasteiger partial charge in [0.25, 0.3) is 0 Å². The minimum atomic E-state index is -3.34. The van der Waals surface area contributed by atoms with Crippen LogP contribution in [0.1, 0.15) is 11.4 Å². The van der Waals surface area contributed by atoms with E-state index in [1.54, 1.807) is 20.3 Å². The number of nitrogens with zero attached hydrogens (tertiary/aromatic N) is 2. The van der Waals surface area contributed by atoms with Crippen LogP contribution in [0.2, 0.25) is 0 Å². The maximum absolute atomic E-state index is 11.6. The number of benzene rings is 3. The molecule has 0 aliphatic heterocycles. The summed E-state index contributed by atoms with van der Waals surface area (Å²) in [5, 5.41) is 4.25. The van der Waals surface area contributed by atoms with Crippen LogP contribution in [0.15, 0.2) is 60.7 Å². The number of aryl methyl sites for hydroxylation is 1. The topological polar surface area (TPSA) is 102 Å².